The summed E-state index contributed by atoms with van der Waals surface area (Å²) in [4.78, 5) is 11.6. The quantitative estimate of drug-likeness (QED) is 0.857. The number of nitrogens with zero attached hydrogens (tertiary/aromatic N) is 2. The minimum absolute atomic E-state index is 0.0887. The molecule has 0 aromatic carbocycles. The monoisotopic (exact) mass is 254 g/mol. The lowest BCUT2D eigenvalue weighted by molar-refractivity contribution is 0.0951. The SMILES string of the molecule is Nc1cnn(CCNC(=O)c2ccoc2Cl)c1. The second kappa shape index (κ2) is 4.92. The maximum Gasteiger partial charge on any atom is 0.256 e. The van der Waals surface area contributed by atoms with Gasteiger partial charge in [-0.05, 0) is 17.7 Å². The number of hydrogen-bond donors (Lipinski definition) is 2. The van der Waals surface area contributed by atoms with Crippen molar-refractivity contribution < 1.29 is 9.21 Å². The van der Waals surface area contributed by atoms with E-state index in [2.05, 4.69) is 10.4 Å². The number of anilines is 1. The molecule has 6 nitrogen and oxygen atoms in total. The number of furan rings is 1. The topological polar surface area (TPSA) is 86.1 Å². The number of aromatic nitrogens is 2. The number of rotatable bonds is 4. The van der Waals surface area contributed by atoms with Gasteiger partial charge in [0.15, 0.2) is 0 Å². The van der Waals surface area contributed by atoms with Gasteiger partial charge in [-0.25, -0.2) is 0 Å². The van der Waals surface area contributed by atoms with E-state index < -0.39 is 0 Å². The van der Waals surface area contributed by atoms with Gasteiger partial charge in [-0.1, -0.05) is 0 Å². The second-order valence-electron chi connectivity index (χ2n) is 3.40. The number of nitrogen functional groups attached to an aromatic ring is 1. The van der Waals surface area contributed by atoms with Crippen LogP contribution < -0.4 is 11.1 Å². The van der Waals surface area contributed by atoms with Crippen LogP contribution >= 0.6 is 11.6 Å². The van der Waals surface area contributed by atoms with Gasteiger partial charge >= 0.3 is 0 Å². The summed E-state index contributed by atoms with van der Waals surface area (Å²) in [6.07, 6.45) is 4.61. The molecule has 0 bridgehead atoms. The predicted molar refractivity (Wildman–Crippen MR) is 62.7 cm³/mol. The molecule has 0 fully saturated rings. The first-order chi connectivity index (χ1) is 8.16. The van der Waals surface area contributed by atoms with E-state index in [4.69, 9.17) is 21.8 Å². The van der Waals surface area contributed by atoms with Crippen molar-refractivity contribution in [2.45, 2.75) is 6.54 Å². The molecule has 2 rings (SSSR count). The summed E-state index contributed by atoms with van der Waals surface area (Å²) in [5.41, 5.74) is 6.42. The molecule has 0 radical (unpaired) electrons. The van der Waals surface area contributed by atoms with Gasteiger partial charge < -0.3 is 15.5 Å². The van der Waals surface area contributed by atoms with E-state index in [9.17, 15) is 4.79 Å². The zero-order chi connectivity index (χ0) is 12.3. The maximum absolute atomic E-state index is 11.6. The van der Waals surface area contributed by atoms with E-state index in [0.717, 1.165) is 0 Å². The Kier molecular flexibility index (Phi) is 3.34. The van der Waals surface area contributed by atoms with Crippen LogP contribution in [0.3, 0.4) is 0 Å². The molecule has 2 aromatic rings. The lowest BCUT2D eigenvalue weighted by Gasteiger charge is -2.03. The van der Waals surface area contributed by atoms with Gasteiger partial charge in [0.2, 0.25) is 5.22 Å². The fraction of sp³-hybridized carbons (Fsp3) is 0.200. The normalized spacial score (nSPS) is 10.4. The summed E-state index contributed by atoms with van der Waals surface area (Å²) in [6, 6.07) is 1.52. The van der Waals surface area contributed by atoms with Gasteiger partial charge in [-0.3, -0.25) is 9.48 Å². The molecule has 0 atom stereocenters. The summed E-state index contributed by atoms with van der Waals surface area (Å²) in [5, 5.41) is 6.78. The first kappa shape index (κ1) is 11.5. The van der Waals surface area contributed by atoms with Crippen molar-refractivity contribution in [1.82, 2.24) is 15.1 Å². The third-order valence-electron chi connectivity index (χ3n) is 2.14. The van der Waals surface area contributed by atoms with Gasteiger partial charge in [0, 0.05) is 12.7 Å². The van der Waals surface area contributed by atoms with Crippen molar-refractivity contribution in [3.8, 4) is 0 Å². The molecule has 0 aliphatic heterocycles. The Morgan fingerprint density at radius 3 is 3.06 bits per heavy atom. The Bertz CT molecular complexity index is 520. The van der Waals surface area contributed by atoms with E-state index in [1.54, 1.807) is 17.1 Å². The van der Waals surface area contributed by atoms with Crippen LogP contribution in [0.1, 0.15) is 10.4 Å². The maximum atomic E-state index is 11.6. The summed E-state index contributed by atoms with van der Waals surface area (Å²) >= 11 is 5.67. The minimum Gasteiger partial charge on any atom is -0.452 e. The van der Waals surface area contributed by atoms with E-state index in [1.165, 1.54) is 12.3 Å². The van der Waals surface area contributed by atoms with Crippen molar-refractivity contribution in [3.05, 3.63) is 35.5 Å². The van der Waals surface area contributed by atoms with Crippen LogP contribution in [-0.4, -0.2) is 22.2 Å². The van der Waals surface area contributed by atoms with Gasteiger partial charge in [0.1, 0.15) is 0 Å². The molecular formula is C10H11ClN4O2. The highest BCUT2D eigenvalue weighted by Gasteiger charge is 2.11. The number of carbonyl (C=O) groups excluding carboxylic acids is 1. The van der Waals surface area contributed by atoms with Gasteiger partial charge in [0.05, 0.1) is 30.3 Å². The van der Waals surface area contributed by atoms with Crippen LogP contribution in [0.4, 0.5) is 5.69 Å². The highest BCUT2D eigenvalue weighted by molar-refractivity contribution is 6.32. The van der Waals surface area contributed by atoms with Crippen LogP contribution in [0.2, 0.25) is 5.22 Å². The highest BCUT2D eigenvalue weighted by Crippen LogP contribution is 2.15. The zero-order valence-electron chi connectivity index (χ0n) is 8.89. The van der Waals surface area contributed by atoms with Crippen molar-refractivity contribution in [1.29, 1.82) is 0 Å². The lowest BCUT2D eigenvalue weighted by atomic mass is 10.3. The molecule has 1 amide bonds. The van der Waals surface area contributed by atoms with Crippen LogP contribution in [-0.2, 0) is 6.54 Å². The summed E-state index contributed by atoms with van der Waals surface area (Å²) < 4.78 is 6.47. The number of carbonyl (C=O) groups is 1. The molecule has 7 heteroatoms. The number of halogens is 1. The van der Waals surface area contributed by atoms with Crippen molar-refractivity contribution >= 4 is 23.2 Å². The third kappa shape index (κ3) is 2.79. The lowest BCUT2D eigenvalue weighted by Crippen LogP contribution is -2.27. The minimum atomic E-state index is -0.274. The Hall–Kier alpha value is -1.95. The Labute approximate surface area is 102 Å². The largest absolute Gasteiger partial charge is 0.452 e. The molecule has 0 aliphatic rings. The molecule has 2 heterocycles. The average Bonchev–Trinajstić information content (AvgIpc) is 2.87. The molecule has 0 spiro atoms. The van der Waals surface area contributed by atoms with E-state index in [0.29, 0.717) is 24.3 Å². The second-order valence-corrected chi connectivity index (χ2v) is 3.74. The van der Waals surface area contributed by atoms with Gasteiger partial charge in [-0.15, -0.1) is 0 Å². The fourth-order valence-corrected chi connectivity index (χ4v) is 1.54. The third-order valence-corrected chi connectivity index (χ3v) is 2.43. The van der Waals surface area contributed by atoms with E-state index in [-0.39, 0.29) is 11.1 Å². The Morgan fingerprint density at radius 1 is 1.65 bits per heavy atom. The van der Waals surface area contributed by atoms with Crippen LogP contribution in [0.25, 0.3) is 0 Å². The number of nitrogens with one attached hydrogen (secondary N) is 1. The number of hydrogen-bond acceptors (Lipinski definition) is 4. The van der Waals surface area contributed by atoms with Gasteiger partial charge in [-0.2, -0.15) is 5.10 Å². The summed E-state index contributed by atoms with van der Waals surface area (Å²) in [5.74, 6) is -0.274. The molecule has 0 aliphatic carbocycles. The zero-order valence-corrected chi connectivity index (χ0v) is 9.65. The fourth-order valence-electron chi connectivity index (χ4n) is 1.34. The smallest absolute Gasteiger partial charge is 0.256 e. The van der Waals surface area contributed by atoms with Crippen LogP contribution in [0.15, 0.2) is 29.1 Å². The predicted octanol–water partition coefficient (Wildman–Crippen LogP) is 1.14. The molecular weight excluding hydrogens is 244 g/mol. The molecule has 3 N–H and O–H groups in total. The van der Waals surface area contributed by atoms with Gasteiger partial charge in [0.25, 0.3) is 5.91 Å². The average molecular weight is 255 g/mol. The first-order valence-electron chi connectivity index (χ1n) is 4.96. The molecule has 0 unspecified atom stereocenters. The van der Waals surface area contributed by atoms with Crippen LogP contribution in [0.5, 0.6) is 0 Å². The Balaban J connectivity index is 1.83. The van der Waals surface area contributed by atoms with Crippen molar-refractivity contribution in [2.75, 3.05) is 12.3 Å². The first-order valence-corrected chi connectivity index (χ1v) is 5.34. The molecule has 0 saturated carbocycles. The number of amides is 1. The Morgan fingerprint density at radius 2 is 2.47 bits per heavy atom. The van der Waals surface area contributed by atoms with Crippen molar-refractivity contribution in [3.63, 3.8) is 0 Å². The van der Waals surface area contributed by atoms with Crippen molar-refractivity contribution in [2.24, 2.45) is 0 Å². The summed E-state index contributed by atoms with van der Waals surface area (Å²) in [7, 11) is 0. The summed E-state index contributed by atoms with van der Waals surface area (Å²) in [6.45, 7) is 0.972. The standard InChI is InChI=1S/C10H11ClN4O2/c11-9-8(1-4-17-9)10(16)13-2-3-15-6-7(12)5-14-15/h1,4-6H,2-3,12H2,(H,13,16). The molecule has 90 valence electrons. The molecule has 17 heavy (non-hydrogen) atoms. The molecule has 0 saturated heterocycles. The van der Waals surface area contributed by atoms with E-state index in [1.807, 2.05) is 0 Å². The highest BCUT2D eigenvalue weighted by atomic mass is 35.5. The van der Waals surface area contributed by atoms with Crippen LogP contribution in [0, 0.1) is 0 Å². The molecule has 2 aromatic heterocycles. The van der Waals surface area contributed by atoms with E-state index >= 15 is 0 Å². The number of nitrogens with two attached hydrogens (primary N) is 1.